The molecule has 5 heterocycles. The van der Waals surface area contributed by atoms with Crippen LogP contribution in [0.25, 0.3) is 22.3 Å². The number of halogens is 1. The number of carbonyl (C=O) groups is 9. The molecule has 1 aliphatic carbocycles. The number of hydrogen-bond acceptors (Lipinski definition) is 15. The maximum atomic E-state index is 15.4. The lowest BCUT2D eigenvalue weighted by Gasteiger charge is -2.31. The Morgan fingerprint density at radius 3 is 2.34 bits per heavy atom. The van der Waals surface area contributed by atoms with E-state index in [0.717, 1.165) is 10.5 Å². The summed E-state index contributed by atoms with van der Waals surface area (Å²) in [6, 6.07) is 6.33. The molecule has 0 saturated heterocycles. The molecule has 9 amide bonds. The van der Waals surface area contributed by atoms with Crippen molar-refractivity contribution in [3.63, 3.8) is 0 Å². The quantitative estimate of drug-likeness (QED) is 0.0180. The van der Waals surface area contributed by atoms with E-state index in [-0.39, 0.29) is 107 Å². The van der Waals surface area contributed by atoms with Crippen molar-refractivity contribution in [3.05, 3.63) is 109 Å². The van der Waals surface area contributed by atoms with Crippen molar-refractivity contribution >= 4 is 64.4 Å². The number of aliphatic hydroxyl groups is 1. The van der Waals surface area contributed by atoms with Crippen LogP contribution < -0.4 is 43.2 Å². The number of cyclic esters (lactones) is 1. The lowest BCUT2D eigenvalue weighted by atomic mass is 9.81. The molecule has 4 atom stereocenters. The molecule has 2 aromatic carbocycles. The molecule has 0 unspecified atom stereocenters. The molecule has 4 aliphatic rings. The van der Waals surface area contributed by atoms with Gasteiger partial charge in [-0.3, -0.25) is 43.8 Å². The molecule has 9 N–H and O–H groups in total. The number of aryl methyl sites for hydroxylation is 1. The Balaban J connectivity index is 0.794. The second-order valence-corrected chi connectivity index (χ2v) is 21.0. The van der Waals surface area contributed by atoms with E-state index >= 15 is 4.39 Å². The van der Waals surface area contributed by atoms with Crippen LogP contribution in [0.2, 0.25) is 0 Å². The number of nitrogens with two attached hydrogens (primary N) is 1. The summed E-state index contributed by atoms with van der Waals surface area (Å²) in [6.07, 6.45) is 4.41. The van der Waals surface area contributed by atoms with Crippen LogP contribution in [-0.2, 0) is 86.1 Å². The fourth-order valence-corrected chi connectivity index (χ4v) is 10.7. The van der Waals surface area contributed by atoms with Crippen LogP contribution in [0.5, 0.6) is 0 Å². The van der Waals surface area contributed by atoms with Crippen molar-refractivity contribution in [2.75, 3.05) is 26.4 Å². The Morgan fingerprint density at radius 2 is 1.63 bits per heavy atom. The Morgan fingerprint density at radius 1 is 0.902 bits per heavy atom. The van der Waals surface area contributed by atoms with E-state index in [1.54, 1.807) is 58.0 Å². The Hall–Kier alpha value is -8.58. The minimum Gasteiger partial charge on any atom is -0.458 e. The number of fused-ring (bicyclic) bond motifs is 5. The first kappa shape index (κ1) is 59.5. The molecular formula is C57H67FN10O14. The SMILES string of the molecule is CC[C@@]1(O)C(=O)OCc2c1cc1n(c2=O)Cc2c-1nc1cc(F)c(C)c3c1c2[C@@H](NC(=O)COCNC(=O)OCc1ccc(CNC(=O)[C@H](CCCNC(N)=O)NC(=O)[C@@H](NC(=O)CCCCCN2C(=O)C=CC2=O)C(C)C)cc1)CC3. The Kier molecular flexibility index (Phi) is 18.8. The molecule has 2 aromatic heterocycles. The van der Waals surface area contributed by atoms with Gasteiger partial charge in [-0.1, -0.05) is 51.5 Å². The second kappa shape index (κ2) is 25.9. The minimum absolute atomic E-state index is 0.0428. The number of rotatable bonds is 25. The molecule has 3 aliphatic heterocycles. The Labute approximate surface area is 470 Å². The molecule has 0 fully saturated rings. The number of benzene rings is 2. The summed E-state index contributed by atoms with van der Waals surface area (Å²) >= 11 is 0. The van der Waals surface area contributed by atoms with Gasteiger partial charge in [-0.25, -0.2) is 23.8 Å². The van der Waals surface area contributed by atoms with Crippen molar-refractivity contribution < 1.29 is 66.9 Å². The number of esters is 1. The number of imide groups is 1. The van der Waals surface area contributed by atoms with Gasteiger partial charge in [-0.15, -0.1) is 0 Å². The predicted octanol–water partition coefficient (Wildman–Crippen LogP) is 2.71. The fourth-order valence-electron chi connectivity index (χ4n) is 10.7. The molecule has 8 rings (SSSR count). The van der Waals surface area contributed by atoms with Crippen molar-refractivity contribution in [3.8, 4) is 11.4 Å². The molecule has 25 heteroatoms. The molecule has 82 heavy (non-hydrogen) atoms. The van der Waals surface area contributed by atoms with Crippen LogP contribution in [-0.4, -0.2) is 112 Å². The first-order valence-corrected chi connectivity index (χ1v) is 27.3. The van der Waals surface area contributed by atoms with Crippen LogP contribution in [0, 0.1) is 18.7 Å². The number of carbonyl (C=O) groups excluding carboxylic acids is 9. The van der Waals surface area contributed by atoms with Crippen molar-refractivity contribution in [2.24, 2.45) is 11.7 Å². The lowest BCUT2D eigenvalue weighted by Crippen LogP contribution is -2.55. The topological polar surface area (TPSA) is 338 Å². The highest BCUT2D eigenvalue weighted by molar-refractivity contribution is 6.12. The smallest absolute Gasteiger partial charge is 0.409 e. The molecule has 0 saturated carbocycles. The molecule has 4 aromatic rings. The van der Waals surface area contributed by atoms with E-state index in [9.17, 15) is 53.1 Å². The minimum atomic E-state index is -2.04. The molecule has 0 spiro atoms. The Bertz CT molecular complexity index is 3290. The maximum absolute atomic E-state index is 15.4. The number of aromatic nitrogens is 2. The number of unbranched alkanes of at least 4 members (excludes halogenated alkanes) is 2. The van der Waals surface area contributed by atoms with Crippen molar-refractivity contribution in [1.82, 2.24) is 46.4 Å². The zero-order chi connectivity index (χ0) is 59.0. The summed E-state index contributed by atoms with van der Waals surface area (Å²) in [5.41, 5.74) is 7.78. The van der Waals surface area contributed by atoms with Gasteiger partial charge in [-0.2, -0.15) is 0 Å². The molecule has 0 bridgehead atoms. The second-order valence-electron chi connectivity index (χ2n) is 21.0. The number of pyridine rings is 2. The van der Waals surface area contributed by atoms with Crippen LogP contribution in [0.1, 0.15) is 123 Å². The van der Waals surface area contributed by atoms with Gasteiger partial charge < -0.3 is 56.2 Å². The molecule has 0 radical (unpaired) electrons. The van der Waals surface area contributed by atoms with Gasteiger partial charge in [0.05, 0.1) is 35.1 Å². The number of alkyl carbamates (subject to hydrolysis) is 1. The first-order chi connectivity index (χ1) is 39.2. The third-order valence-corrected chi connectivity index (χ3v) is 15.2. The van der Waals surface area contributed by atoms with Gasteiger partial charge in [0, 0.05) is 60.8 Å². The largest absolute Gasteiger partial charge is 0.458 e. The van der Waals surface area contributed by atoms with E-state index < -0.39 is 77.5 Å². The van der Waals surface area contributed by atoms with Crippen LogP contribution in [0.4, 0.5) is 14.0 Å². The summed E-state index contributed by atoms with van der Waals surface area (Å²) < 4.78 is 32.9. The van der Waals surface area contributed by atoms with Gasteiger partial charge in [0.1, 0.15) is 44.5 Å². The van der Waals surface area contributed by atoms with Crippen LogP contribution in [0.3, 0.4) is 0 Å². The van der Waals surface area contributed by atoms with Gasteiger partial charge in [-0.05, 0) is 91.7 Å². The number of urea groups is 1. The van der Waals surface area contributed by atoms with E-state index in [2.05, 4.69) is 31.9 Å². The lowest BCUT2D eigenvalue weighted by molar-refractivity contribution is -0.172. The predicted molar refractivity (Wildman–Crippen MR) is 291 cm³/mol. The summed E-state index contributed by atoms with van der Waals surface area (Å²) in [6.45, 7) is 6.02. The van der Waals surface area contributed by atoms with Gasteiger partial charge in [0.25, 0.3) is 17.4 Å². The summed E-state index contributed by atoms with van der Waals surface area (Å²) in [7, 11) is 0. The van der Waals surface area contributed by atoms with E-state index in [1.165, 1.54) is 22.8 Å². The van der Waals surface area contributed by atoms with Gasteiger partial charge >= 0.3 is 18.1 Å². The van der Waals surface area contributed by atoms with Gasteiger partial charge in [0.15, 0.2) is 5.60 Å². The zero-order valence-electron chi connectivity index (χ0n) is 46.0. The molecule has 436 valence electrons. The number of hydrogen-bond donors (Lipinski definition) is 8. The van der Waals surface area contributed by atoms with E-state index in [4.69, 9.17) is 24.9 Å². The summed E-state index contributed by atoms with van der Waals surface area (Å²) in [5.74, 6) is -4.40. The third kappa shape index (κ3) is 13.3. The monoisotopic (exact) mass is 1130 g/mol. The standard InChI is InChI=1S/C57H67FN10O14/c1-5-57(79)37-22-42-50-35(25-68(42)53(75)36(37)27-81-54(57)76)48-39(17-16-34-31(4)38(58)23-41(64-50)47(34)48)63-44(70)28-80-29-62-56(78)82-26-33-14-12-32(13-15-33)24-61-51(73)40(10-9-20-60-55(59)77)65-52(74)49(30(2)3)66-43(69)11-7-6-8-21-67-45(71)18-19-46(67)72/h12-15,18-19,22-23,30,39-40,49,79H,5-11,16-17,20-21,24-29H2,1-4H3,(H,61,73)(H,62,78)(H,63,70)(H,65,74)(H,66,69)(H3,59,60,77)/t39-,40-,49-,57-/m0/s1. The van der Waals surface area contributed by atoms with Crippen LogP contribution in [0.15, 0.2) is 53.3 Å². The summed E-state index contributed by atoms with van der Waals surface area (Å²) in [5, 5.41) is 28.3. The van der Waals surface area contributed by atoms with Crippen molar-refractivity contribution in [2.45, 2.75) is 136 Å². The number of nitrogens with zero attached hydrogens (tertiary/aromatic N) is 3. The van der Waals surface area contributed by atoms with E-state index in [1.807, 2.05) is 0 Å². The maximum Gasteiger partial charge on any atom is 0.409 e. The highest BCUT2D eigenvalue weighted by atomic mass is 19.1. The highest BCUT2D eigenvalue weighted by Crippen LogP contribution is 2.46. The normalized spacial score (nSPS) is 17.3. The van der Waals surface area contributed by atoms with Gasteiger partial charge in [0.2, 0.25) is 23.6 Å². The zero-order valence-corrected chi connectivity index (χ0v) is 46.0. The van der Waals surface area contributed by atoms with E-state index in [0.29, 0.717) is 82.2 Å². The highest BCUT2D eigenvalue weighted by Gasteiger charge is 2.46. The first-order valence-electron chi connectivity index (χ1n) is 27.3. The number of ether oxygens (including phenoxy) is 3. The summed E-state index contributed by atoms with van der Waals surface area (Å²) in [4.78, 5) is 134. The average Bonchev–Trinajstić information content (AvgIpc) is 4.07. The molecular weight excluding hydrogens is 1070 g/mol. The average molecular weight is 1140 g/mol. The fraction of sp³-hybridized carbons (Fsp3) is 0.456. The molecule has 24 nitrogen and oxygen atoms in total. The van der Waals surface area contributed by atoms with Crippen LogP contribution >= 0.6 is 0 Å². The number of amides is 9. The third-order valence-electron chi connectivity index (χ3n) is 15.2. The van der Waals surface area contributed by atoms with Crippen molar-refractivity contribution in [1.29, 1.82) is 0 Å². The number of primary amides is 1. The number of nitrogens with one attached hydrogen (secondary N) is 6.